The second-order valence-corrected chi connectivity index (χ2v) is 7.41. The van der Waals surface area contributed by atoms with E-state index in [1.54, 1.807) is 0 Å². The summed E-state index contributed by atoms with van der Waals surface area (Å²) in [6.07, 6.45) is 6.34. The lowest BCUT2D eigenvalue weighted by Crippen LogP contribution is -2.60. The Hall–Kier alpha value is -1.69. The standard InChI is InChI=1S/C19H26FN3OS/c1-2-10-21-19(25)23-16-4-3-5-17(23)12-15(11-16)22-18(24)13-6-8-14(20)9-7-13/h6-9,15-17H,2-5,10-12H2,1H3,(H,21,25)(H,22,24)/t15?,16-,17+. The number of benzene rings is 1. The molecule has 3 rings (SSSR count). The first-order valence-electron chi connectivity index (χ1n) is 9.21. The summed E-state index contributed by atoms with van der Waals surface area (Å²) in [6, 6.07) is 6.65. The van der Waals surface area contributed by atoms with Gasteiger partial charge in [-0.05, 0) is 75.0 Å². The molecule has 25 heavy (non-hydrogen) atoms. The van der Waals surface area contributed by atoms with E-state index in [0.29, 0.717) is 17.6 Å². The van der Waals surface area contributed by atoms with E-state index < -0.39 is 0 Å². The van der Waals surface area contributed by atoms with Crippen molar-refractivity contribution in [2.24, 2.45) is 0 Å². The molecule has 0 aliphatic carbocycles. The summed E-state index contributed by atoms with van der Waals surface area (Å²) in [5.74, 6) is -0.448. The molecule has 2 N–H and O–H groups in total. The number of carbonyl (C=O) groups is 1. The van der Waals surface area contributed by atoms with Crippen LogP contribution in [0.15, 0.2) is 24.3 Å². The smallest absolute Gasteiger partial charge is 0.251 e. The van der Waals surface area contributed by atoms with Crippen molar-refractivity contribution >= 4 is 23.2 Å². The average Bonchev–Trinajstić information content (AvgIpc) is 2.59. The zero-order valence-corrected chi connectivity index (χ0v) is 15.4. The minimum absolute atomic E-state index is 0.122. The van der Waals surface area contributed by atoms with Crippen LogP contribution in [0.1, 0.15) is 55.8 Å². The van der Waals surface area contributed by atoms with Gasteiger partial charge in [-0.2, -0.15) is 0 Å². The number of nitrogens with zero attached hydrogens (tertiary/aromatic N) is 1. The first-order valence-corrected chi connectivity index (χ1v) is 9.62. The molecule has 2 saturated heterocycles. The normalized spacial score (nSPS) is 25.4. The maximum Gasteiger partial charge on any atom is 0.251 e. The summed E-state index contributed by atoms with van der Waals surface area (Å²) in [7, 11) is 0. The Morgan fingerprint density at radius 1 is 1.24 bits per heavy atom. The summed E-state index contributed by atoms with van der Waals surface area (Å²) >= 11 is 5.60. The van der Waals surface area contributed by atoms with Crippen LogP contribution in [0.2, 0.25) is 0 Å². The quantitative estimate of drug-likeness (QED) is 0.806. The molecule has 0 spiro atoms. The van der Waals surface area contributed by atoms with Crippen LogP contribution < -0.4 is 10.6 Å². The Balaban J connectivity index is 1.62. The fourth-order valence-corrected chi connectivity index (χ4v) is 4.42. The number of hydrogen-bond donors (Lipinski definition) is 2. The predicted molar refractivity (Wildman–Crippen MR) is 101 cm³/mol. The number of halogens is 1. The number of nitrogens with one attached hydrogen (secondary N) is 2. The Labute approximate surface area is 154 Å². The molecule has 1 aromatic carbocycles. The minimum atomic E-state index is -0.326. The molecule has 0 saturated carbocycles. The topological polar surface area (TPSA) is 44.4 Å². The highest BCUT2D eigenvalue weighted by molar-refractivity contribution is 7.80. The van der Waals surface area contributed by atoms with Crippen molar-refractivity contribution in [3.63, 3.8) is 0 Å². The van der Waals surface area contributed by atoms with Crippen LogP contribution in [0, 0.1) is 5.82 Å². The third kappa shape index (κ3) is 4.29. The monoisotopic (exact) mass is 363 g/mol. The molecule has 2 fully saturated rings. The van der Waals surface area contributed by atoms with Gasteiger partial charge in [0, 0.05) is 30.2 Å². The predicted octanol–water partition coefficient (Wildman–Crippen LogP) is 3.23. The zero-order valence-electron chi connectivity index (χ0n) is 14.6. The van der Waals surface area contributed by atoms with E-state index in [1.807, 2.05) is 0 Å². The van der Waals surface area contributed by atoms with Crippen molar-refractivity contribution < 1.29 is 9.18 Å². The summed E-state index contributed by atoms with van der Waals surface area (Å²) < 4.78 is 13.0. The van der Waals surface area contributed by atoms with Gasteiger partial charge >= 0.3 is 0 Å². The molecule has 2 bridgehead atoms. The van der Waals surface area contributed by atoms with E-state index in [4.69, 9.17) is 12.2 Å². The zero-order chi connectivity index (χ0) is 17.8. The molecule has 1 aromatic rings. The van der Waals surface area contributed by atoms with Gasteiger partial charge < -0.3 is 15.5 Å². The fourth-order valence-electron chi connectivity index (χ4n) is 4.02. The van der Waals surface area contributed by atoms with Crippen LogP contribution >= 0.6 is 12.2 Å². The first-order chi connectivity index (χ1) is 12.1. The molecule has 136 valence electrons. The summed E-state index contributed by atoms with van der Waals surface area (Å²) in [5.41, 5.74) is 0.508. The minimum Gasteiger partial charge on any atom is -0.363 e. The van der Waals surface area contributed by atoms with Gasteiger partial charge in [-0.1, -0.05) is 6.92 Å². The van der Waals surface area contributed by atoms with Crippen molar-refractivity contribution in [1.82, 2.24) is 15.5 Å². The summed E-state index contributed by atoms with van der Waals surface area (Å²) in [6.45, 7) is 3.03. The van der Waals surface area contributed by atoms with Crippen molar-refractivity contribution in [2.45, 2.75) is 63.6 Å². The molecule has 0 radical (unpaired) electrons. The van der Waals surface area contributed by atoms with Crippen molar-refractivity contribution in [3.8, 4) is 0 Å². The molecule has 1 unspecified atom stereocenters. The van der Waals surface area contributed by atoms with E-state index >= 15 is 0 Å². The number of hydrogen-bond acceptors (Lipinski definition) is 2. The van der Waals surface area contributed by atoms with Gasteiger partial charge in [-0.15, -0.1) is 0 Å². The van der Waals surface area contributed by atoms with Crippen LogP contribution in [0.5, 0.6) is 0 Å². The molecular weight excluding hydrogens is 337 g/mol. The van der Waals surface area contributed by atoms with E-state index in [2.05, 4.69) is 22.5 Å². The molecule has 2 heterocycles. The van der Waals surface area contributed by atoms with Gasteiger partial charge in [0.25, 0.3) is 5.91 Å². The highest BCUT2D eigenvalue weighted by atomic mass is 32.1. The molecule has 1 amide bonds. The van der Waals surface area contributed by atoms with Crippen LogP contribution in [0.4, 0.5) is 4.39 Å². The molecule has 4 nitrogen and oxygen atoms in total. The van der Waals surface area contributed by atoms with Gasteiger partial charge in [-0.3, -0.25) is 4.79 Å². The molecule has 2 aliphatic rings. The lowest BCUT2D eigenvalue weighted by molar-refractivity contribution is 0.0740. The maximum atomic E-state index is 13.0. The van der Waals surface area contributed by atoms with Crippen molar-refractivity contribution in [3.05, 3.63) is 35.6 Å². The van der Waals surface area contributed by atoms with Gasteiger partial charge in [0.05, 0.1) is 0 Å². The van der Waals surface area contributed by atoms with Gasteiger partial charge in [0.1, 0.15) is 5.82 Å². The van der Waals surface area contributed by atoms with E-state index in [0.717, 1.165) is 43.8 Å². The van der Waals surface area contributed by atoms with E-state index in [9.17, 15) is 9.18 Å². The summed E-state index contributed by atoms with van der Waals surface area (Å²) in [5, 5.41) is 7.35. The Kier molecular flexibility index (Phi) is 5.89. The number of thiocarbonyl (C=S) groups is 1. The van der Waals surface area contributed by atoms with Gasteiger partial charge in [-0.25, -0.2) is 4.39 Å². The Morgan fingerprint density at radius 2 is 1.88 bits per heavy atom. The van der Waals surface area contributed by atoms with Crippen LogP contribution in [0.3, 0.4) is 0 Å². The molecule has 0 aromatic heterocycles. The number of piperidine rings is 2. The molecule has 2 aliphatic heterocycles. The number of carbonyl (C=O) groups excluding carboxylic acids is 1. The Morgan fingerprint density at radius 3 is 2.48 bits per heavy atom. The number of rotatable bonds is 4. The average molecular weight is 364 g/mol. The van der Waals surface area contributed by atoms with Crippen LogP contribution in [0.25, 0.3) is 0 Å². The lowest BCUT2D eigenvalue weighted by Gasteiger charge is -2.50. The van der Waals surface area contributed by atoms with Crippen molar-refractivity contribution in [1.29, 1.82) is 0 Å². The first kappa shape index (κ1) is 18.1. The van der Waals surface area contributed by atoms with Crippen LogP contribution in [-0.4, -0.2) is 40.6 Å². The fraction of sp³-hybridized carbons (Fsp3) is 0.579. The third-order valence-electron chi connectivity index (χ3n) is 5.18. The highest BCUT2D eigenvalue weighted by Crippen LogP contribution is 2.34. The molecular formula is C19H26FN3OS. The van der Waals surface area contributed by atoms with Crippen LogP contribution in [-0.2, 0) is 0 Å². The molecule has 3 atom stereocenters. The highest BCUT2D eigenvalue weighted by Gasteiger charge is 2.39. The molecule has 6 heteroatoms. The van der Waals surface area contributed by atoms with Crippen molar-refractivity contribution in [2.75, 3.05) is 6.54 Å². The van der Waals surface area contributed by atoms with E-state index in [-0.39, 0.29) is 17.8 Å². The SMILES string of the molecule is CCCNC(=S)N1[C@@H]2CCC[C@H]1CC(NC(=O)c1ccc(F)cc1)C2. The second-order valence-electron chi connectivity index (χ2n) is 7.03. The Bertz CT molecular complexity index is 608. The largest absolute Gasteiger partial charge is 0.363 e. The summed E-state index contributed by atoms with van der Waals surface area (Å²) in [4.78, 5) is 14.8. The van der Waals surface area contributed by atoms with E-state index in [1.165, 1.54) is 30.7 Å². The third-order valence-corrected chi connectivity index (χ3v) is 5.53. The maximum absolute atomic E-state index is 13.0. The second kappa shape index (κ2) is 8.13. The van der Waals surface area contributed by atoms with Gasteiger partial charge in [0.2, 0.25) is 0 Å². The van der Waals surface area contributed by atoms with Gasteiger partial charge in [0.15, 0.2) is 5.11 Å². The number of fused-ring (bicyclic) bond motifs is 2. The lowest BCUT2D eigenvalue weighted by atomic mass is 9.82. The number of amides is 1.